The molecule has 2 rings (SSSR count). The number of rotatable bonds is 4. The molecule has 0 fully saturated rings. The van der Waals surface area contributed by atoms with E-state index in [-0.39, 0.29) is 5.69 Å². The van der Waals surface area contributed by atoms with Crippen molar-refractivity contribution >= 4 is 24.0 Å². The Balaban J connectivity index is 2.14. The molecule has 99 valence electrons. The second kappa shape index (κ2) is 5.75. The quantitative estimate of drug-likeness (QED) is 0.481. The van der Waals surface area contributed by atoms with Crippen molar-refractivity contribution in [2.45, 2.75) is 4.90 Å². The molecule has 0 atom stereocenters. The van der Waals surface area contributed by atoms with E-state index in [4.69, 9.17) is 4.74 Å². The van der Waals surface area contributed by atoms with Gasteiger partial charge in [0.2, 0.25) is 5.88 Å². The van der Waals surface area contributed by atoms with E-state index in [1.165, 1.54) is 25.1 Å². The number of para-hydroxylation sites is 1. The SMILES string of the molecule is [CH2]C1=C(OC)N=CN(Sc2ccccc2[N+](=O)[O-])C1. The Morgan fingerprint density at radius 2 is 2.26 bits per heavy atom. The molecule has 0 spiro atoms. The third kappa shape index (κ3) is 3.05. The highest BCUT2D eigenvalue weighted by molar-refractivity contribution is 7.97. The highest BCUT2D eigenvalue weighted by Crippen LogP contribution is 2.32. The van der Waals surface area contributed by atoms with Crippen LogP contribution >= 0.6 is 11.9 Å². The van der Waals surface area contributed by atoms with Crippen LogP contribution in [0.2, 0.25) is 0 Å². The molecule has 0 saturated carbocycles. The van der Waals surface area contributed by atoms with Crippen LogP contribution in [0.1, 0.15) is 0 Å². The minimum atomic E-state index is -0.398. The Morgan fingerprint density at radius 3 is 2.89 bits per heavy atom. The minimum absolute atomic E-state index is 0.0769. The van der Waals surface area contributed by atoms with E-state index in [0.717, 1.165) is 5.57 Å². The summed E-state index contributed by atoms with van der Waals surface area (Å²) in [6, 6.07) is 6.58. The Morgan fingerprint density at radius 1 is 1.53 bits per heavy atom. The molecule has 0 saturated heterocycles. The van der Waals surface area contributed by atoms with Crippen LogP contribution in [0.15, 0.2) is 45.6 Å². The average Bonchev–Trinajstić information content (AvgIpc) is 2.39. The number of hydrogen-bond acceptors (Lipinski definition) is 6. The summed E-state index contributed by atoms with van der Waals surface area (Å²) in [5, 5.41) is 10.9. The lowest BCUT2D eigenvalue weighted by molar-refractivity contribution is -0.387. The van der Waals surface area contributed by atoms with Gasteiger partial charge in [-0.25, -0.2) is 4.99 Å². The summed E-state index contributed by atoms with van der Waals surface area (Å²) >= 11 is 1.25. The third-order valence-electron chi connectivity index (χ3n) is 2.42. The predicted octanol–water partition coefficient (Wildman–Crippen LogP) is 2.64. The number of aliphatic imine (C=N–C) groups is 1. The van der Waals surface area contributed by atoms with Crippen LogP contribution < -0.4 is 0 Å². The predicted molar refractivity (Wildman–Crippen MR) is 73.5 cm³/mol. The highest BCUT2D eigenvalue weighted by atomic mass is 32.2. The molecule has 1 aliphatic rings. The monoisotopic (exact) mass is 278 g/mol. The maximum atomic E-state index is 10.9. The molecule has 6 nitrogen and oxygen atoms in total. The zero-order chi connectivity index (χ0) is 13.8. The summed E-state index contributed by atoms with van der Waals surface area (Å²) in [6.07, 6.45) is 1.58. The highest BCUT2D eigenvalue weighted by Gasteiger charge is 2.18. The lowest BCUT2D eigenvalue weighted by atomic mass is 10.3. The van der Waals surface area contributed by atoms with Crippen molar-refractivity contribution in [1.82, 2.24) is 4.31 Å². The molecule has 0 aliphatic carbocycles. The first-order valence-electron chi connectivity index (χ1n) is 5.43. The van der Waals surface area contributed by atoms with E-state index < -0.39 is 4.92 Å². The van der Waals surface area contributed by atoms with E-state index in [1.807, 2.05) is 0 Å². The number of methoxy groups -OCH3 is 1. The van der Waals surface area contributed by atoms with E-state index in [0.29, 0.717) is 17.3 Å². The third-order valence-corrected chi connectivity index (χ3v) is 3.42. The fourth-order valence-corrected chi connectivity index (χ4v) is 2.51. The zero-order valence-corrected chi connectivity index (χ0v) is 11.1. The van der Waals surface area contributed by atoms with Gasteiger partial charge in [0.1, 0.15) is 11.2 Å². The molecule has 0 unspecified atom stereocenters. The summed E-state index contributed by atoms with van der Waals surface area (Å²) in [6.45, 7) is 4.35. The van der Waals surface area contributed by atoms with Crippen molar-refractivity contribution in [3.63, 3.8) is 0 Å². The average molecular weight is 278 g/mol. The summed E-state index contributed by atoms with van der Waals surface area (Å²) in [7, 11) is 1.53. The topological polar surface area (TPSA) is 68.0 Å². The first kappa shape index (κ1) is 13.4. The largest absolute Gasteiger partial charge is 0.481 e. The summed E-state index contributed by atoms with van der Waals surface area (Å²) < 4.78 is 6.81. The second-order valence-electron chi connectivity index (χ2n) is 3.75. The normalized spacial score (nSPS) is 14.7. The number of nitrogens with zero attached hydrogens (tertiary/aromatic N) is 3. The van der Waals surface area contributed by atoms with Gasteiger partial charge < -0.3 is 4.74 Å². The number of nitro groups is 1. The van der Waals surface area contributed by atoms with Crippen LogP contribution in [0.25, 0.3) is 0 Å². The first-order chi connectivity index (χ1) is 9.11. The van der Waals surface area contributed by atoms with Crippen LogP contribution in [-0.4, -0.2) is 29.2 Å². The molecule has 1 aromatic carbocycles. The lowest BCUT2D eigenvalue weighted by Crippen LogP contribution is -2.21. The zero-order valence-electron chi connectivity index (χ0n) is 10.3. The first-order valence-corrected chi connectivity index (χ1v) is 6.20. The Hall–Kier alpha value is -2.02. The van der Waals surface area contributed by atoms with Crippen molar-refractivity contribution in [2.75, 3.05) is 13.7 Å². The maximum Gasteiger partial charge on any atom is 0.284 e. The van der Waals surface area contributed by atoms with Crippen LogP contribution in [0.3, 0.4) is 0 Å². The van der Waals surface area contributed by atoms with Gasteiger partial charge in [0.25, 0.3) is 5.69 Å². The fraction of sp³-hybridized carbons (Fsp3) is 0.167. The van der Waals surface area contributed by atoms with Gasteiger partial charge in [-0.15, -0.1) is 0 Å². The molecule has 1 aromatic rings. The van der Waals surface area contributed by atoms with E-state index in [9.17, 15) is 10.1 Å². The standard InChI is InChI=1S/C12H12N3O3S/c1-9-7-14(8-13-12(9)18-2)19-11-6-4-3-5-10(11)15(16)17/h3-6,8H,1,7H2,2H3. The van der Waals surface area contributed by atoms with Gasteiger partial charge >= 0.3 is 0 Å². The Labute approximate surface area is 115 Å². The second-order valence-corrected chi connectivity index (χ2v) is 4.84. The number of ether oxygens (including phenoxy) is 1. The van der Waals surface area contributed by atoms with Crippen molar-refractivity contribution < 1.29 is 9.66 Å². The van der Waals surface area contributed by atoms with Crippen molar-refractivity contribution in [3.8, 4) is 0 Å². The lowest BCUT2D eigenvalue weighted by Gasteiger charge is -2.22. The van der Waals surface area contributed by atoms with Crippen LogP contribution in [0.4, 0.5) is 5.69 Å². The molecule has 0 amide bonds. The van der Waals surface area contributed by atoms with E-state index in [1.54, 1.807) is 28.8 Å². The van der Waals surface area contributed by atoms with Crippen molar-refractivity contribution in [3.05, 3.63) is 52.8 Å². The van der Waals surface area contributed by atoms with Gasteiger partial charge in [0, 0.05) is 11.6 Å². The van der Waals surface area contributed by atoms with Gasteiger partial charge in [0.15, 0.2) is 0 Å². The molecular weight excluding hydrogens is 266 g/mol. The van der Waals surface area contributed by atoms with Gasteiger partial charge in [0.05, 0.1) is 18.6 Å². The van der Waals surface area contributed by atoms with Gasteiger partial charge in [-0.1, -0.05) is 12.1 Å². The van der Waals surface area contributed by atoms with Gasteiger partial charge in [-0.05, 0) is 24.9 Å². The number of hydrogen-bond donors (Lipinski definition) is 0. The summed E-state index contributed by atoms with van der Waals surface area (Å²) in [5.41, 5.74) is 0.809. The molecule has 1 heterocycles. The molecule has 0 aromatic heterocycles. The van der Waals surface area contributed by atoms with Crippen LogP contribution in [0.5, 0.6) is 0 Å². The van der Waals surface area contributed by atoms with Crippen LogP contribution in [-0.2, 0) is 4.74 Å². The fourth-order valence-electron chi connectivity index (χ4n) is 1.57. The van der Waals surface area contributed by atoms with Gasteiger partial charge in [-0.3, -0.25) is 14.4 Å². The summed E-state index contributed by atoms with van der Waals surface area (Å²) in [5.74, 6) is 0.486. The molecule has 0 N–H and O–H groups in total. The Bertz CT molecular complexity index is 557. The molecule has 0 bridgehead atoms. The minimum Gasteiger partial charge on any atom is -0.481 e. The smallest absolute Gasteiger partial charge is 0.284 e. The molecule has 1 aliphatic heterocycles. The molecular formula is C12H12N3O3S. The van der Waals surface area contributed by atoms with Gasteiger partial charge in [-0.2, -0.15) is 0 Å². The van der Waals surface area contributed by atoms with Crippen LogP contribution in [0, 0.1) is 17.0 Å². The molecule has 19 heavy (non-hydrogen) atoms. The number of nitro benzene ring substituents is 1. The Kier molecular flexibility index (Phi) is 4.06. The molecule has 7 heteroatoms. The van der Waals surface area contributed by atoms with Crippen molar-refractivity contribution in [1.29, 1.82) is 0 Å². The number of benzene rings is 1. The van der Waals surface area contributed by atoms with Crippen molar-refractivity contribution in [2.24, 2.45) is 4.99 Å². The summed E-state index contributed by atoms with van der Waals surface area (Å²) in [4.78, 5) is 15.2. The molecule has 1 radical (unpaired) electrons. The van der Waals surface area contributed by atoms with E-state index >= 15 is 0 Å². The maximum absolute atomic E-state index is 10.9. The van der Waals surface area contributed by atoms with E-state index in [2.05, 4.69) is 11.9 Å².